The van der Waals surface area contributed by atoms with Crippen molar-refractivity contribution >= 4 is 5.91 Å². The van der Waals surface area contributed by atoms with E-state index in [0.29, 0.717) is 12.4 Å². The quantitative estimate of drug-likeness (QED) is 0.838. The van der Waals surface area contributed by atoms with Gasteiger partial charge in [0.1, 0.15) is 5.82 Å². The molecular weight excluding hydrogens is 356 g/mol. The van der Waals surface area contributed by atoms with Crippen LogP contribution in [0.25, 0.3) is 0 Å². The lowest BCUT2D eigenvalue weighted by molar-refractivity contribution is -0.140. The van der Waals surface area contributed by atoms with Crippen LogP contribution in [0, 0.1) is 18.3 Å². The summed E-state index contributed by atoms with van der Waals surface area (Å²) in [4.78, 5) is 26.1. The average molecular weight is 384 g/mol. The normalized spacial score (nSPS) is 21.9. The molecule has 2 aliphatic rings. The van der Waals surface area contributed by atoms with Gasteiger partial charge in [-0.2, -0.15) is 5.10 Å². The van der Waals surface area contributed by atoms with Crippen LogP contribution in [0.4, 0.5) is 0 Å². The third kappa shape index (κ3) is 3.93. The molecule has 2 fully saturated rings. The van der Waals surface area contributed by atoms with E-state index in [0.717, 1.165) is 57.1 Å². The fourth-order valence-corrected chi connectivity index (χ4v) is 4.57. The maximum Gasteiger partial charge on any atom is 0.227 e. The van der Waals surface area contributed by atoms with Crippen molar-refractivity contribution in [1.82, 2.24) is 30.0 Å². The third-order valence-electron chi connectivity index (χ3n) is 6.02. The van der Waals surface area contributed by atoms with Gasteiger partial charge in [0.2, 0.25) is 5.91 Å². The van der Waals surface area contributed by atoms with Crippen LogP contribution in [0.15, 0.2) is 24.5 Å². The number of carbonyl (C=O) groups excluding carboxylic acids is 1. The Morgan fingerprint density at radius 2 is 2.11 bits per heavy atom. The Labute approximate surface area is 165 Å². The Morgan fingerprint density at radius 3 is 2.79 bits per heavy atom. The first-order valence-corrected chi connectivity index (χ1v) is 9.88. The first-order chi connectivity index (χ1) is 13.6. The van der Waals surface area contributed by atoms with E-state index in [-0.39, 0.29) is 17.2 Å². The van der Waals surface area contributed by atoms with Crippen molar-refractivity contribution in [2.75, 3.05) is 33.4 Å². The van der Waals surface area contributed by atoms with Crippen molar-refractivity contribution < 1.29 is 9.53 Å². The number of hydrogen-bond acceptors (Lipinski definition) is 6. The smallest absolute Gasteiger partial charge is 0.227 e. The predicted molar refractivity (Wildman–Crippen MR) is 103 cm³/mol. The zero-order chi connectivity index (χ0) is 19.6. The highest BCUT2D eigenvalue weighted by molar-refractivity contribution is 5.80. The molecule has 2 aliphatic heterocycles. The molecular formula is C20H28N6O2. The van der Waals surface area contributed by atoms with Gasteiger partial charge in [0.25, 0.3) is 0 Å². The van der Waals surface area contributed by atoms with E-state index in [2.05, 4.69) is 31.1 Å². The molecule has 28 heavy (non-hydrogen) atoms. The summed E-state index contributed by atoms with van der Waals surface area (Å²) in [6, 6.07) is 3.86. The highest BCUT2D eigenvalue weighted by Crippen LogP contribution is 2.45. The van der Waals surface area contributed by atoms with Crippen LogP contribution in [0.1, 0.15) is 30.1 Å². The van der Waals surface area contributed by atoms with Crippen molar-refractivity contribution in [2.45, 2.75) is 32.9 Å². The number of ether oxygens (including phenoxy) is 1. The van der Waals surface area contributed by atoms with Crippen LogP contribution in [-0.4, -0.2) is 69.2 Å². The molecule has 2 saturated heterocycles. The first kappa shape index (κ1) is 19.0. The fraction of sp³-hybridized carbons (Fsp3) is 0.600. The van der Waals surface area contributed by atoms with E-state index < -0.39 is 0 Å². The summed E-state index contributed by atoms with van der Waals surface area (Å²) < 4.78 is 5.62. The minimum Gasteiger partial charge on any atom is -0.381 e. The number of nitrogens with one attached hydrogen (secondary N) is 1. The lowest BCUT2D eigenvalue weighted by atomic mass is 9.71. The topological polar surface area (TPSA) is 87.2 Å². The third-order valence-corrected chi connectivity index (χ3v) is 6.02. The molecule has 0 saturated carbocycles. The molecule has 4 rings (SSSR count). The van der Waals surface area contributed by atoms with Crippen LogP contribution in [0.5, 0.6) is 0 Å². The van der Waals surface area contributed by atoms with Gasteiger partial charge in [0.05, 0.1) is 18.2 Å². The number of rotatable bonds is 5. The summed E-state index contributed by atoms with van der Waals surface area (Å²) in [6.45, 7) is 6.32. The Kier molecular flexibility index (Phi) is 5.41. The Balaban J connectivity index is 1.49. The summed E-state index contributed by atoms with van der Waals surface area (Å²) in [6.07, 6.45) is 5.28. The van der Waals surface area contributed by atoms with E-state index >= 15 is 0 Å². The highest BCUT2D eigenvalue weighted by Gasteiger charge is 2.51. The van der Waals surface area contributed by atoms with Gasteiger partial charge in [0, 0.05) is 63.4 Å². The summed E-state index contributed by atoms with van der Waals surface area (Å²) in [5, 5.41) is 7.38. The van der Waals surface area contributed by atoms with Gasteiger partial charge < -0.3 is 9.64 Å². The molecule has 4 heterocycles. The largest absolute Gasteiger partial charge is 0.381 e. The van der Waals surface area contributed by atoms with Crippen molar-refractivity contribution in [1.29, 1.82) is 0 Å². The SMILES string of the molecule is Cc1cc(CN2CC(C(=O)N(C)Cc3ncccn3)C3(CCOCC3)C2)n[nH]1. The minimum atomic E-state index is -0.0369. The summed E-state index contributed by atoms with van der Waals surface area (Å²) in [5.41, 5.74) is 2.07. The number of aryl methyl sites for hydroxylation is 1. The average Bonchev–Trinajstić information content (AvgIpc) is 3.26. The minimum absolute atomic E-state index is 0.0213. The second kappa shape index (κ2) is 7.97. The fourth-order valence-electron chi connectivity index (χ4n) is 4.57. The number of likely N-dealkylation sites (tertiary alicyclic amines) is 1. The number of aromatic amines is 1. The predicted octanol–water partition coefficient (Wildman–Crippen LogP) is 1.40. The lowest BCUT2D eigenvalue weighted by Crippen LogP contribution is -2.45. The number of aromatic nitrogens is 4. The zero-order valence-electron chi connectivity index (χ0n) is 16.6. The van der Waals surface area contributed by atoms with Gasteiger partial charge >= 0.3 is 0 Å². The van der Waals surface area contributed by atoms with E-state index in [1.807, 2.05) is 14.0 Å². The molecule has 0 aliphatic carbocycles. The summed E-state index contributed by atoms with van der Waals surface area (Å²) in [5.74, 6) is 0.807. The number of carbonyl (C=O) groups is 1. The van der Waals surface area contributed by atoms with Gasteiger partial charge in [0.15, 0.2) is 0 Å². The lowest BCUT2D eigenvalue weighted by Gasteiger charge is -2.38. The maximum atomic E-state index is 13.4. The molecule has 1 unspecified atom stereocenters. The molecule has 1 N–H and O–H groups in total. The van der Waals surface area contributed by atoms with E-state index in [9.17, 15) is 4.79 Å². The molecule has 0 radical (unpaired) electrons. The van der Waals surface area contributed by atoms with Crippen LogP contribution >= 0.6 is 0 Å². The van der Waals surface area contributed by atoms with Crippen molar-refractivity contribution in [2.24, 2.45) is 11.3 Å². The summed E-state index contributed by atoms with van der Waals surface area (Å²) in [7, 11) is 1.85. The standard InChI is InChI=1S/C20H28N6O2/c1-15-10-16(24-23-15)11-26-12-17(20(14-26)4-8-28-9-5-20)19(27)25(2)13-18-21-6-3-7-22-18/h3,6-7,10,17H,4-5,8-9,11-14H2,1-2H3,(H,23,24). The van der Waals surface area contributed by atoms with Crippen LogP contribution in [0.2, 0.25) is 0 Å². The van der Waals surface area contributed by atoms with E-state index in [4.69, 9.17) is 4.74 Å². The number of H-pyrrole nitrogens is 1. The molecule has 1 atom stereocenters. The molecule has 2 aromatic rings. The molecule has 0 aromatic carbocycles. The Hall–Kier alpha value is -2.32. The van der Waals surface area contributed by atoms with Gasteiger partial charge in [-0.1, -0.05) is 0 Å². The van der Waals surface area contributed by atoms with E-state index in [1.54, 1.807) is 23.4 Å². The summed E-state index contributed by atoms with van der Waals surface area (Å²) >= 11 is 0. The monoisotopic (exact) mass is 384 g/mol. The number of hydrogen-bond donors (Lipinski definition) is 1. The highest BCUT2D eigenvalue weighted by atomic mass is 16.5. The maximum absolute atomic E-state index is 13.4. The first-order valence-electron chi connectivity index (χ1n) is 9.88. The van der Waals surface area contributed by atoms with Crippen molar-refractivity contribution in [3.8, 4) is 0 Å². The van der Waals surface area contributed by atoms with Crippen molar-refractivity contribution in [3.63, 3.8) is 0 Å². The van der Waals surface area contributed by atoms with E-state index in [1.165, 1.54) is 0 Å². The number of amides is 1. The van der Waals surface area contributed by atoms with Gasteiger partial charge in [-0.25, -0.2) is 9.97 Å². The van der Waals surface area contributed by atoms with Crippen LogP contribution in [0.3, 0.4) is 0 Å². The number of nitrogens with zero attached hydrogens (tertiary/aromatic N) is 5. The molecule has 150 valence electrons. The van der Waals surface area contributed by atoms with Crippen molar-refractivity contribution in [3.05, 3.63) is 41.7 Å². The second-order valence-electron chi connectivity index (χ2n) is 8.10. The molecule has 8 nitrogen and oxygen atoms in total. The zero-order valence-corrected chi connectivity index (χ0v) is 16.6. The molecule has 8 heteroatoms. The molecule has 1 amide bonds. The second-order valence-corrected chi connectivity index (χ2v) is 8.10. The van der Waals surface area contributed by atoms with Gasteiger partial charge in [-0.15, -0.1) is 0 Å². The van der Waals surface area contributed by atoms with Gasteiger partial charge in [-0.3, -0.25) is 14.8 Å². The molecule has 2 aromatic heterocycles. The Bertz CT molecular complexity index is 802. The molecule has 1 spiro atoms. The molecule has 0 bridgehead atoms. The van der Waals surface area contributed by atoms with Crippen LogP contribution < -0.4 is 0 Å². The Morgan fingerprint density at radius 1 is 1.36 bits per heavy atom. The van der Waals surface area contributed by atoms with Gasteiger partial charge in [-0.05, 0) is 31.9 Å². The van der Waals surface area contributed by atoms with Crippen LogP contribution in [-0.2, 0) is 22.6 Å².